The monoisotopic (exact) mass is 207 g/mol. The summed E-state index contributed by atoms with van der Waals surface area (Å²) in [7, 11) is 1.83. The summed E-state index contributed by atoms with van der Waals surface area (Å²) >= 11 is 0. The summed E-state index contributed by atoms with van der Waals surface area (Å²) in [6.45, 7) is 1.18. The Morgan fingerprint density at radius 2 is 2.33 bits per heavy atom. The highest BCUT2D eigenvalue weighted by molar-refractivity contribution is 5.79. The Labute approximate surface area is 87.1 Å². The molecule has 2 rings (SSSR count). The van der Waals surface area contributed by atoms with E-state index in [9.17, 15) is 0 Å². The third kappa shape index (κ3) is 1.89. The van der Waals surface area contributed by atoms with Crippen molar-refractivity contribution in [1.29, 1.82) is 0 Å². The summed E-state index contributed by atoms with van der Waals surface area (Å²) in [4.78, 5) is 8.18. The molecule has 0 saturated heterocycles. The van der Waals surface area contributed by atoms with Crippen molar-refractivity contribution in [2.75, 3.05) is 13.2 Å². The summed E-state index contributed by atoms with van der Waals surface area (Å²) in [5.41, 5.74) is 6.15. The second-order valence-corrected chi connectivity index (χ2v) is 3.17. The minimum atomic E-state index is 0.567. The number of aromatic nitrogens is 4. The molecule has 2 aromatic heterocycles. The Kier molecular flexibility index (Phi) is 2.77. The van der Waals surface area contributed by atoms with Crippen LogP contribution in [0.5, 0.6) is 5.88 Å². The van der Waals surface area contributed by atoms with Gasteiger partial charge >= 0.3 is 0 Å². The fourth-order valence-electron chi connectivity index (χ4n) is 1.31. The van der Waals surface area contributed by atoms with Gasteiger partial charge in [0.15, 0.2) is 5.65 Å². The van der Waals surface area contributed by atoms with Crippen LogP contribution in [0.1, 0.15) is 6.42 Å². The van der Waals surface area contributed by atoms with Crippen LogP contribution in [0, 0.1) is 0 Å². The number of rotatable bonds is 4. The molecule has 0 aliphatic rings. The first-order valence-corrected chi connectivity index (χ1v) is 4.78. The average molecular weight is 207 g/mol. The molecule has 2 aromatic rings. The van der Waals surface area contributed by atoms with Gasteiger partial charge in [-0.25, -0.2) is 9.97 Å². The molecule has 2 N–H and O–H groups in total. The zero-order chi connectivity index (χ0) is 10.7. The Bertz CT molecular complexity index is 453. The topological polar surface area (TPSA) is 78.9 Å². The highest BCUT2D eigenvalue weighted by Gasteiger charge is 2.07. The van der Waals surface area contributed by atoms with Crippen molar-refractivity contribution in [2.24, 2.45) is 12.8 Å². The van der Waals surface area contributed by atoms with E-state index >= 15 is 0 Å². The lowest BCUT2D eigenvalue weighted by molar-refractivity contribution is 0.305. The number of hydrogen-bond acceptors (Lipinski definition) is 5. The van der Waals surface area contributed by atoms with Gasteiger partial charge in [0, 0.05) is 7.05 Å². The van der Waals surface area contributed by atoms with Gasteiger partial charge in [-0.3, -0.25) is 4.68 Å². The van der Waals surface area contributed by atoms with Gasteiger partial charge in [0.2, 0.25) is 5.88 Å². The molecule has 0 unspecified atom stereocenters. The van der Waals surface area contributed by atoms with Crippen molar-refractivity contribution in [3.05, 3.63) is 12.5 Å². The van der Waals surface area contributed by atoms with E-state index in [0.29, 0.717) is 19.0 Å². The highest BCUT2D eigenvalue weighted by atomic mass is 16.5. The van der Waals surface area contributed by atoms with E-state index < -0.39 is 0 Å². The van der Waals surface area contributed by atoms with Gasteiger partial charge in [0.1, 0.15) is 11.7 Å². The lowest BCUT2D eigenvalue weighted by Gasteiger charge is -2.04. The first kappa shape index (κ1) is 9.85. The summed E-state index contributed by atoms with van der Waals surface area (Å²) in [5, 5.41) is 4.92. The predicted molar refractivity (Wildman–Crippen MR) is 55.5 cm³/mol. The average Bonchev–Trinajstić information content (AvgIpc) is 2.62. The van der Waals surface area contributed by atoms with Crippen molar-refractivity contribution >= 4 is 11.0 Å². The molecule has 6 nitrogen and oxygen atoms in total. The summed E-state index contributed by atoms with van der Waals surface area (Å²) in [6, 6.07) is 0. The molecule has 80 valence electrons. The minimum Gasteiger partial charge on any atom is -0.477 e. The molecular formula is C9H13N5O. The fourth-order valence-corrected chi connectivity index (χ4v) is 1.31. The highest BCUT2D eigenvalue weighted by Crippen LogP contribution is 2.19. The van der Waals surface area contributed by atoms with E-state index in [-0.39, 0.29) is 0 Å². The predicted octanol–water partition coefficient (Wildman–Crippen LogP) is 0.0909. The second kappa shape index (κ2) is 4.22. The molecule has 0 amide bonds. The zero-order valence-electron chi connectivity index (χ0n) is 8.55. The van der Waals surface area contributed by atoms with Crippen molar-refractivity contribution < 1.29 is 4.74 Å². The molecule has 0 aliphatic heterocycles. The van der Waals surface area contributed by atoms with Crippen LogP contribution in [-0.4, -0.2) is 32.9 Å². The SMILES string of the molecule is Cn1ncc2c(OCCCN)ncnc21. The summed E-state index contributed by atoms with van der Waals surface area (Å²) in [6.07, 6.45) is 3.99. The fraction of sp³-hybridized carbons (Fsp3) is 0.444. The van der Waals surface area contributed by atoms with Gasteiger partial charge in [-0.1, -0.05) is 0 Å². The third-order valence-corrected chi connectivity index (χ3v) is 2.08. The molecule has 0 spiro atoms. The number of nitrogens with two attached hydrogens (primary N) is 1. The van der Waals surface area contributed by atoms with Crippen molar-refractivity contribution in [1.82, 2.24) is 19.7 Å². The maximum absolute atomic E-state index is 5.49. The lowest BCUT2D eigenvalue weighted by atomic mass is 10.4. The Balaban J connectivity index is 2.26. The lowest BCUT2D eigenvalue weighted by Crippen LogP contribution is -2.07. The normalized spacial score (nSPS) is 10.8. The Morgan fingerprint density at radius 3 is 3.13 bits per heavy atom. The van der Waals surface area contributed by atoms with Crippen molar-refractivity contribution in [3.8, 4) is 5.88 Å². The molecule has 6 heteroatoms. The quantitative estimate of drug-likeness (QED) is 0.719. The van der Waals surface area contributed by atoms with Gasteiger partial charge in [0.05, 0.1) is 12.8 Å². The van der Waals surface area contributed by atoms with E-state index in [1.165, 1.54) is 6.33 Å². The first-order chi connectivity index (χ1) is 7.33. The molecule has 0 atom stereocenters. The summed E-state index contributed by atoms with van der Waals surface area (Å²) < 4.78 is 7.18. The first-order valence-electron chi connectivity index (χ1n) is 4.78. The third-order valence-electron chi connectivity index (χ3n) is 2.08. The Hall–Kier alpha value is -1.69. The van der Waals surface area contributed by atoms with Crippen LogP contribution in [0.4, 0.5) is 0 Å². The molecule has 0 fully saturated rings. The van der Waals surface area contributed by atoms with E-state index in [4.69, 9.17) is 10.5 Å². The standard InChI is InChI=1S/C9H13N5O/c1-14-8-7(5-13-14)9(12-6-11-8)15-4-2-3-10/h5-6H,2-4,10H2,1H3. The van der Waals surface area contributed by atoms with Gasteiger partial charge in [-0.05, 0) is 13.0 Å². The van der Waals surface area contributed by atoms with Crippen LogP contribution in [0.2, 0.25) is 0 Å². The largest absolute Gasteiger partial charge is 0.477 e. The van der Waals surface area contributed by atoms with Crippen LogP contribution in [0.25, 0.3) is 11.0 Å². The molecule has 0 aliphatic carbocycles. The smallest absolute Gasteiger partial charge is 0.227 e. The number of ether oxygens (including phenoxy) is 1. The molecule has 0 aromatic carbocycles. The number of nitrogens with zero attached hydrogens (tertiary/aromatic N) is 4. The molecule has 0 saturated carbocycles. The van der Waals surface area contributed by atoms with E-state index in [1.54, 1.807) is 10.9 Å². The maximum atomic E-state index is 5.49. The molecule has 0 radical (unpaired) electrons. The zero-order valence-corrected chi connectivity index (χ0v) is 8.55. The van der Waals surface area contributed by atoms with Crippen molar-refractivity contribution in [3.63, 3.8) is 0 Å². The number of fused-ring (bicyclic) bond motifs is 1. The van der Waals surface area contributed by atoms with Crippen molar-refractivity contribution in [2.45, 2.75) is 6.42 Å². The Morgan fingerprint density at radius 1 is 1.47 bits per heavy atom. The molecule has 15 heavy (non-hydrogen) atoms. The van der Waals surface area contributed by atoms with Crippen LogP contribution >= 0.6 is 0 Å². The van der Waals surface area contributed by atoms with E-state index in [1.807, 2.05) is 7.05 Å². The van der Waals surface area contributed by atoms with Gasteiger partial charge in [-0.2, -0.15) is 5.10 Å². The van der Waals surface area contributed by atoms with Crippen LogP contribution < -0.4 is 10.5 Å². The molecule has 2 heterocycles. The van der Waals surface area contributed by atoms with E-state index in [2.05, 4.69) is 15.1 Å². The minimum absolute atomic E-state index is 0.567. The maximum Gasteiger partial charge on any atom is 0.227 e. The van der Waals surface area contributed by atoms with E-state index in [0.717, 1.165) is 17.5 Å². The van der Waals surface area contributed by atoms with Crippen LogP contribution in [0.3, 0.4) is 0 Å². The molecular weight excluding hydrogens is 194 g/mol. The van der Waals surface area contributed by atoms with Gasteiger partial charge < -0.3 is 10.5 Å². The summed E-state index contributed by atoms with van der Waals surface area (Å²) in [5.74, 6) is 0.571. The van der Waals surface area contributed by atoms with Crippen LogP contribution in [0.15, 0.2) is 12.5 Å². The second-order valence-electron chi connectivity index (χ2n) is 3.17. The molecule has 0 bridgehead atoms. The van der Waals surface area contributed by atoms with Gasteiger partial charge in [0.25, 0.3) is 0 Å². The van der Waals surface area contributed by atoms with Crippen LogP contribution in [-0.2, 0) is 7.05 Å². The number of hydrogen-bond donors (Lipinski definition) is 1. The van der Waals surface area contributed by atoms with Gasteiger partial charge in [-0.15, -0.1) is 0 Å². The number of aryl methyl sites for hydroxylation is 1.